The molecule has 0 spiro atoms. The average molecular weight is 349 g/mol. The first kappa shape index (κ1) is 21.9. The van der Waals surface area contributed by atoms with E-state index in [-0.39, 0.29) is 29.6 Å². The Morgan fingerprint density at radius 3 is 1.07 bits per heavy atom. The molecular weight excluding hydrogens is 348 g/mol. The number of halogens is 6. The van der Waals surface area contributed by atoms with Crippen LogP contribution in [0.3, 0.4) is 0 Å². The van der Waals surface area contributed by atoms with Crippen LogP contribution in [0.25, 0.3) is 0 Å². The first-order chi connectivity index (χ1) is 5.89. The van der Waals surface area contributed by atoms with Gasteiger partial charge in [0.25, 0.3) is 3.79 Å². The monoisotopic (exact) mass is 346 g/mol. The van der Waals surface area contributed by atoms with Crippen LogP contribution < -0.4 is 34.7 Å². The van der Waals surface area contributed by atoms with Gasteiger partial charge in [0.05, 0.1) is 5.97 Å². The zero-order valence-electron chi connectivity index (χ0n) is 6.94. The molecule has 0 saturated heterocycles. The fraction of sp³-hybridized carbons (Fsp3) is 0.500. The van der Waals surface area contributed by atoms with Crippen LogP contribution in [-0.2, 0) is 9.59 Å². The van der Waals surface area contributed by atoms with Gasteiger partial charge in [-0.25, -0.2) is 4.79 Å². The van der Waals surface area contributed by atoms with Gasteiger partial charge in [0.1, 0.15) is 0 Å². The molecule has 0 aliphatic heterocycles. The first-order valence-electron chi connectivity index (χ1n) is 2.47. The number of carboxylic acids is 2. The molecule has 84 valence electrons. The smallest absolute Gasteiger partial charge is 0.545 e. The van der Waals surface area contributed by atoms with Gasteiger partial charge in [-0.1, -0.05) is 69.6 Å². The number of aliphatic carboxylic acids is 2. The third kappa shape index (κ3) is 15.7. The van der Waals surface area contributed by atoms with Crippen molar-refractivity contribution in [3.8, 4) is 0 Å². The van der Waals surface area contributed by atoms with E-state index >= 15 is 0 Å². The molecule has 0 unspecified atom stereocenters. The molecule has 0 aliphatic carbocycles. The minimum absolute atomic E-state index is 0. The summed E-state index contributed by atoms with van der Waals surface area (Å²) in [7, 11) is 0. The maximum atomic E-state index is 9.62. The summed E-state index contributed by atoms with van der Waals surface area (Å²) in [5.74, 6) is -3.17. The van der Waals surface area contributed by atoms with Crippen molar-refractivity contribution in [2.24, 2.45) is 0 Å². The largest absolute Gasteiger partial charge is 1.00 e. The van der Waals surface area contributed by atoms with Crippen LogP contribution in [0.15, 0.2) is 0 Å². The fourth-order valence-corrected chi connectivity index (χ4v) is 0. The standard InChI is InChI=1S/2C2HCl3O2.Na/c2*3-2(4,5)1(6)7;/h2*(H,6,7);/q;;+1/p-1. The Morgan fingerprint density at radius 1 is 0.933 bits per heavy atom. The van der Waals surface area contributed by atoms with Gasteiger partial charge >= 0.3 is 35.5 Å². The minimum atomic E-state index is -2.28. The van der Waals surface area contributed by atoms with Crippen molar-refractivity contribution in [1.29, 1.82) is 0 Å². The molecular formula is C4HCl6NaO4. The Hall–Kier alpha value is 1.68. The number of carbonyl (C=O) groups excluding carboxylic acids is 1. The second-order valence-electron chi connectivity index (χ2n) is 1.59. The molecule has 0 amide bonds. The molecule has 0 rings (SSSR count). The zero-order chi connectivity index (χ0) is 12.2. The van der Waals surface area contributed by atoms with Crippen LogP contribution in [0.4, 0.5) is 0 Å². The number of hydrogen-bond donors (Lipinski definition) is 1. The molecule has 0 bridgehead atoms. The second kappa shape index (κ2) is 8.72. The van der Waals surface area contributed by atoms with Crippen molar-refractivity contribution >= 4 is 81.5 Å². The number of alkyl halides is 6. The molecule has 15 heavy (non-hydrogen) atoms. The van der Waals surface area contributed by atoms with E-state index in [1.807, 2.05) is 0 Å². The van der Waals surface area contributed by atoms with E-state index in [1.54, 1.807) is 0 Å². The van der Waals surface area contributed by atoms with Gasteiger partial charge in [0, 0.05) is 0 Å². The first-order valence-corrected chi connectivity index (χ1v) is 4.74. The normalized spacial score (nSPS) is 10.5. The summed E-state index contributed by atoms with van der Waals surface area (Å²) in [4.78, 5) is 19.1. The molecule has 1 N–H and O–H groups in total. The summed E-state index contributed by atoms with van der Waals surface area (Å²) in [5, 5.41) is 17.4. The van der Waals surface area contributed by atoms with Crippen LogP contribution in [0, 0.1) is 0 Å². The van der Waals surface area contributed by atoms with Crippen molar-refractivity contribution in [1.82, 2.24) is 0 Å². The minimum Gasteiger partial charge on any atom is -0.545 e. The fourth-order valence-electron chi connectivity index (χ4n) is 0. The van der Waals surface area contributed by atoms with E-state index in [1.165, 1.54) is 0 Å². The van der Waals surface area contributed by atoms with Gasteiger partial charge < -0.3 is 15.0 Å². The Morgan fingerprint density at radius 2 is 1.07 bits per heavy atom. The number of carbonyl (C=O) groups is 2. The Balaban J connectivity index is -0.000000180. The Labute approximate surface area is 137 Å². The third-order valence-corrected chi connectivity index (χ3v) is 1.42. The summed E-state index contributed by atoms with van der Waals surface area (Å²) < 4.78 is -4.44. The second-order valence-corrected chi connectivity index (χ2v) is 6.15. The van der Waals surface area contributed by atoms with E-state index in [0.717, 1.165) is 0 Å². The summed E-state index contributed by atoms with van der Waals surface area (Å²) in [6.45, 7) is 0. The molecule has 0 saturated carbocycles. The maximum Gasteiger partial charge on any atom is 1.00 e. The molecule has 0 atom stereocenters. The van der Waals surface area contributed by atoms with Crippen LogP contribution in [0.5, 0.6) is 0 Å². The van der Waals surface area contributed by atoms with E-state index < -0.39 is 19.5 Å². The van der Waals surface area contributed by atoms with Crippen molar-refractivity contribution in [2.75, 3.05) is 0 Å². The van der Waals surface area contributed by atoms with Gasteiger partial charge in [0.2, 0.25) is 3.79 Å². The summed E-state index contributed by atoms with van der Waals surface area (Å²) in [5.41, 5.74) is 0. The van der Waals surface area contributed by atoms with Gasteiger partial charge in [-0.2, -0.15) is 0 Å². The maximum absolute atomic E-state index is 9.62. The molecule has 11 heteroatoms. The number of rotatable bonds is 0. The molecule has 4 nitrogen and oxygen atoms in total. The molecule has 0 aromatic rings. The van der Waals surface area contributed by atoms with E-state index in [9.17, 15) is 14.7 Å². The van der Waals surface area contributed by atoms with Crippen molar-refractivity contribution in [3.05, 3.63) is 0 Å². The summed E-state index contributed by atoms with van der Waals surface area (Å²) in [6, 6.07) is 0. The van der Waals surface area contributed by atoms with Crippen LogP contribution in [-0.4, -0.2) is 24.6 Å². The topological polar surface area (TPSA) is 77.4 Å². The predicted molar refractivity (Wildman–Crippen MR) is 53.2 cm³/mol. The Bertz CT molecular complexity index is 196. The van der Waals surface area contributed by atoms with Crippen LogP contribution in [0.2, 0.25) is 0 Å². The zero-order valence-corrected chi connectivity index (χ0v) is 13.5. The van der Waals surface area contributed by atoms with Crippen molar-refractivity contribution in [2.45, 2.75) is 7.59 Å². The summed E-state index contributed by atoms with van der Waals surface area (Å²) in [6.07, 6.45) is 0. The van der Waals surface area contributed by atoms with Gasteiger partial charge in [0.15, 0.2) is 0 Å². The molecule has 0 aromatic heterocycles. The van der Waals surface area contributed by atoms with E-state index in [4.69, 9.17) is 74.7 Å². The number of hydrogen-bond acceptors (Lipinski definition) is 3. The van der Waals surface area contributed by atoms with Crippen LogP contribution in [0.1, 0.15) is 0 Å². The SMILES string of the molecule is O=C(O)C(Cl)(Cl)Cl.O=C([O-])C(Cl)(Cl)Cl.[Na+]. The molecule has 0 radical (unpaired) electrons. The Kier molecular flexibility index (Phi) is 12.7. The van der Waals surface area contributed by atoms with E-state index in [0.29, 0.717) is 0 Å². The van der Waals surface area contributed by atoms with Gasteiger partial charge in [-0.05, 0) is 0 Å². The molecule has 0 fully saturated rings. The van der Waals surface area contributed by atoms with Gasteiger partial charge in [-0.15, -0.1) is 0 Å². The summed E-state index contributed by atoms with van der Waals surface area (Å²) >= 11 is 28.6. The van der Waals surface area contributed by atoms with E-state index in [2.05, 4.69) is 0 Å². The van der Waals surface area contributed by atoms with Crippen molar-refractivity contribution in [3.63, 3.8) is 0 Å². The third-order valence-electron chi connectivity index (χ3n) is 0.474. The molecule has 0 aliphatic rings. The predicted octanol–water partition coefficient (Wildman–Crippen LogP) is -1.45. The number of carboxylic acid groups (broad SMARTS) is 2. The van der Waals surface area contributed by atoms with Crippen LogP contribution >= 0.6 is 69.6 Å². The van der Waals surface area contributed by atoms with Gasteiger partial charge in [-0.3, -0.25) is 0 Å². The van der Waals surface area contributed by atoms with Crippen molar-refractivity contribution < 1.29 is 49.4 Å². The quantitative estimate of drug-likeness (QED) is 0.429. The molecule has 0 aromatic carbocycles. The average Bonchev–Trinajstić information content (AvgIpc) is 1.83. The molecule has 0 heterocycles.